The van der Waals surface area contributed by atoms with Crippen LogP contribution in [0.3, 0.4) is 0 Å². The van der Waals surface area contributed by atoms with E-state index in [0.29, 0.717) is 0 Å². The number of para-hydroxylation sites is 5. The van der Waals surface area contributed by atoms with Crippen molar-refractivity contribution in [1.82, 2.24) is 4.57 Å². The molecule has 4 nitrogen and oxygen atoms in total. The Bertz CT molecular complexity index is 3810. The van der Waals surface area contributed by atoms with Crippen LogP contribution in [0.5, 0.6) is 11.5 Å². The minimum Gasteiger partial charge on any atom is -0.457 e. The third-order valence-corrected chi connectivity index (χ3v) is 13.6. The normalized spacial score (nSPS) is 13.3. The molecule has 1 aliphatic carbocycles. The first-order chi connectivity index (χ1) is 31.2. The fourth-order valence-electron chi connectivity index (χ4n) is 11.1. The number of anilines is 3. The van der Waals surface area contributed by atoms with Gasteiger partial charge in [-0.05, 0) is 118 Å². The topological polar surface area (TPSA) is 30.5 Å². The monoisotopic (exact) mass is 804 g/mol. The summed E-state index contributed by atoms with van der Waals surface area (Å²) in [6.07, 6.45) is 0. The lowest BCUT2D eigenvalue weighted by atomic mass is 9.58. The van der Waals surface area contributed by atoms with E-state index in [9.17, 15) is 0 Å². The van der Waals surface area contributed by atoms with Crippen molar-refractivity contribution in [1.29, 1.82) is 0 Å². The van der Waals surface area contributed by atoms with Crippen LogP contribution in [0.1, 0.15) is 22.3 Å². The van der Waals surface area contributed by atoms with Gasteiger partial charge in [-0.3, -0.25) is 0 Å². The average molecular weight is 805 g/mol. The number of furan rings is 1. The molecule has 0 unspecified atom stereocenters. The van der Waals surface area contributed by atoms with E-state index in [1.165, 1.54) is 49.3 Å². The van der Waals surface area contributed by atoms with Gasteiger partial charge in [-0.25, -0.2) is 0 Å². The van der Waals surface area contributed by atoms with Gasteiger partial charge in [-0.2, -0.15) is 0 Å². The van der Waals surface area contributed by atoms with Crippen LogP contribution in [0.2, 0.25) is 0 Å². The van der Waals surface area contributed by atoms with Gasteiger partial charge in [0.2, 0.25) is 0 Å². The third-order valence-electron chi connectivity index (χ3n) is 13.6. The quantitative estimate of drug-likeness (QED) is 0.178. The second-order valence-corrected chi connectivity index (χ2v) is 16.8. The average Bonchev–Trinajstić information content (AvgIpc) is 3.88. The molecular formula is C59H36N2O2. The van der Waals surface area contributed by atoms with Crippen molar-refractivity contribution < 1.29 is 9.15 Å². The maximum absolute atomic E-state index is 6.78. The number of benzene rings is 10. The lowest BCUT2D eigenvalue weighted by molar-refractivity contribution is 0.435. The summed E-state index contributed by atoms with van der Waals surface area (Å²) < 4.78 is 15.5. The molecular weight excluding hydrogens is 769 g/mol. The Hall–Kier alpha value is -8.34. The van der Waals surface area contributed by atoms with Gasteiger partial charge in [0.05, 0.1) is 16.4 Å². The molecule has 0 radical (unpaired) electrons. The Balaban J connectivity index is 1.09. The Labute approximate surface area is 363 Å². The van der Waals surface area contributed by atoms with E-state index in [4.69, 9.17) is 9.15 Å². The molecule has 10 aromatic carbocycles. The maximum Gasteiger partial charge on any atom is 0.135 e. The standard InChI is InChI=1S/C59H36N2O2/c1-2-16-38(17-3-1)61-52-24-8-4-18-43(52)46-34-39(29-32-53(46)61)60(40-30-33-55-47(35-40)44-19-5-9-25-54(44)62-55)41-28-31-42-45-20-12-14-37-15-13-23-50(58(37)45)59(51(42)36-41)48-21-6-10-26-56(48)63-57-27-11-7-22-49(57)59/h1-36H. The summed E-state index contributed by atoms with van der Waals surface area (Å²) in [5.41, 5.74) is 14.9. The van der Waals surface area contributed by atoms with Gasteiger partial charge < -0.3 is 18.6 Å². The summed E-state index contributed by atoms with van der Waals surface area (Å²) in [6.45, 7) is 0. The van der Waals surface area contributed by atoms with Crippen LogP contribution in [0.15, 0.2) is 223 Å². The molecule has 63 heavy (non-hydrogen) atoms. The zero-order chi connectivity index (χ0) is 41.2. The van der Waals surface area contributed by atoms with Crippen LogP contribution >= 0.6 is 0 Å². The number of hydrogen-bond donors (Lipinski definition) is 0. The molecule has 1 spiro atoms. The summed E-state index contributed by atoms with van der Waals surface area (Å²) in [5.74, 6) is 1.75. The molecule has 14 rings (SSSR count). The molecule has 4 heteroatoms. The van der Waals surface area contributed by atoms with Crippen LogP contribution in [0.25, 0.3) is 71.3 Å². The number of nitrogens with zero attached hydrogens (tertiary/aromatic N) is 2. The zero-order valence-corrected chi connectivity index (χ0v) is 34.0. The van der Waals surface area contributed by atoms with E-state index >= 15 is 0 Å². The molecule has 1 aliphatic heterocycles. The minimum absolute atomic E-state index is 0.673. The SMILES string of the molecule is c1ccc(-n2c3ccccc3c3cc(N(c4ccc5c(c4)C4(c6ccccc6Oc6ccccc64)c4cccc6cccc-5c46)c4ccc5oc6ccccc6c5c4)ccc32)cc1. The van der Waals surface area contributed by atoms with Crippen LogP contribution in [-0.4, -0.2) is 4.57 Å². The highest BCUT2D eigenvalue weighted by atomic mass is 16.5. The van der Waals surface area contributed by atoms with Gasteiger partial charge in [0.1, 0.15) is 22.7 Å². The zero-order valence-electron chi connectivity index (χ0n) is 34.0. The van der Waals surface area contributed by atoms with Crippen molar-refractivity contribution in [2.75, 3.05) is 4.90 Å². The van der Waals surface area contributed by atoms with E-state index < -0.39 is 5.41 Å². The largest absolute Gasteiger partial charge is 0.457 e. The number of fused-ring (bicyclic) bond motifs is 14. The number of hydrogen-bond acceptors (Lipinski definition) is 3. The van der Waals surface area contributed by atoms with Crippen molar-refractivity contribution >= 4 is 71.6 Å². The minimum atomic E-state index is -0.673. The van der Waals surface area contributed by atoms with Gasteiger partial charge >= 0.3 is 0 Å². The fraction of sp³-hybridized carbons (Fsp3) is 0.0169. The van der Waals surface area contributed by atoms with Crippen molar-refractivity contribution in [3.8, 4) is 28.3 Å². The Morgan fingerprint density at radius 2 is 0.984 bits per heavy atom. The molecule has 2 aromatic heterocycles. The van der Waals surface area contributed by atoms with Crippen molar-refractivity contribution in [3.63, 3.8) is 0 Å². The third kappa shape index (κ3) is 4.69. The van der Waals surface area contributed by atoms with Crippen molar-refractivity contribution in [2.24, 2.45) is 0 Å². The summed E-state index contributed by atoms with van der Waals surface area (Å²) in [7, 11) is 0. The first kappa shape index (κ1) is 34.4. The Morgan fingerprint density at radius 1 is 0.381 bits per heavy atom. The summed E-state index contributed by atoms with van der Waals surface area (Å²) in [4.78, 5) is 2.43. The van der Waals surface area contributed by atoms with Crippen LogP contribution in [-0.2, 0) is 5.41 Å². The molecule has 0 bridgehead atoms. The highest BCUT2D eigenvalue weighted by Crippen LogP contribution is 2.62. The van der Waals surface area contributed by atoms with Crippen LogP contribution < -0.4 is 9.64 Å². The lowest BCUT2D eigenvalue weighted by Crippen LogP contribution is -2.36. The summed E-state index contributed by atoms with van der Waals surface area (Å²) in [5, 5.41) is 7.08. The molecule has 0 fully saturated rings. The van der Waals surface area contributed by atoms with E-state index in [2.05, 4.69) is 216 Å². The molecule has 12 aromatic rings. The molecule has 294 valence electrons. The molecule has 0 saturated carbocycles. The molecule has 0 atom stereocenters. The highest BCUT2D eigenvalue weighted by molar-refractivity contribution is 6.12. The van der Waals surface area contributed by atoms with Gasteiger partial charge in [-0.1, -0.05) is 133 Å². The number of aromatic nitrogens is 1. The second kappa shape index (κ2) is 12.8. The first-order valence-electron chi connectivity index (χ1n) is 21.6. The highest BCUT2D eigenvalue weighted by Gasteiger charge is 2.49. The van der Waals surface area contributed by atoms with Crippen LogP contribution in [0, 0.1) is 0 Å². The molecule has 0 saturated heterocycles. The number of rotatable bonds is 4. The lowest BCUT2D eigenvalue weighted by Gasteiger charge is -2.45. The van der Waals surface area contributed by atoms with Crippen molar-refractivity contribution in [3.05, 3.63) is 241 Å². The van der Waals surface area contributed by atoms with Gasteiger partial charge in [-0.15, -0.1) is 0 Å². The van der Waals surface area contributed by atoms with E-state index in [1.807, 2.05) is 12.1 Å². The molecule has 0 amide bonds. The summed E-state index contributed by atoms with van der Waals surface area (Å²) >= 11 is 0. The second-order valence-electron chi connectivity index (χ2n) is 16.8. The Morgan fingerprint density at radius 3 is 1.81 bits per heavy atom. The predicted molar refractivity (Wildman–Crippen MR) is 258 cm³/mol. The molecule has 2 aliphatic rings. The molecule has 0 N–H and O–H groups in total. The maximum atomic E-state index is 6.78. The van der Waals surface area contributed by atoms with Crippen LogP contribution in [0.4, 0.5) is 17.1 Å². The summed E-state index contributed by atoms with van der Waals surface area (Å²) in [6, 6.07) is 79.2. The first-order valence-corrected chi connectivity index (χ1v) is 21.6. The van der Waals surface area contributed by atoms with Gasteiger partial charge in [0, 0.05) is 55.4 Å². The smallest absolute Gasteiger partial charge is 0.135 e. The van der Waals surface area contributed by atoms with Gasteiger partial charge in [0.15, 0.2) is 0 Å². The van der Waals surface area contributed by atoms with Gasteiger partial charge in [0.25, 0.3) is 0 Å². The fourth-order valence-corrected chi connectivity index (χ4v) is 11.1. The van der Waals surface area contributed by atoms with E-state index in [0.717, 1.165) is 72.8 Å². The number of ether oxygens (including phenoxy) is 1. The van der Waals surface area contributed by atoms with E-state index in [-0.39, 0.29) is 0 Å². The Kier molecular flexibility index (Phi) is 7.01. The van der Waals surface area contributed by atoms with E-state index in [1.54, 1.807) is 0 Å². The van der Waals surface area contributed by atoms with Crippen molar-refractivity contribution in [2.45, 2.75) is 5.41 Å². The molecule has 3 heterocycles. The predicted octanol–water partition coefficient (Wildman–Crippen LogP) is 15.8.